The number of carbonyl (C=O) groups is 1. The number of likely N-dealkylation sites (tertiary alicyclic amines) is 1. The number of nitrogens with two attached hydrogens (primary N) is 1. The van der Waals surface area contributed by atoms with Crippen molar-refractivity contribution in [3.05, 3.63) is 108 Å². The van der Waals surface area contributed by atoms with Crippen LogP contribution in [-0.2, 0) is 28.9 Å². The Bertz CT molecular complexity index is 3270. The summed E-state index contributed by atoms with van der Waals surface area (Å²) in [4.78, 5) is 22.6. The van der Waals surface area contributed by atoms with Gasteiger partial charge in [-0.05, 0) is 144 Å². The molecule has 5 heterocycles. The fourth-order valence-electron chi connectivity index (χ4n) is 10.6. The van der Waals surface area contributed by atoms with Crippen molar-refractivity contribution in [1.29, 1.82) is 0 Å². The van der Waals surface area contributed by atoms with Crippen molar-refractivity contribution < 1.29 is 36.2 Å². The molecule has 0 radical (unpaired) electrons. The van der Waals surface area contributed by atoms with Gasteiger partial charge in [-0.2, -0.15) is 13.2 Å². The molecule has 4 aromatic carbocycles. The van der Waals surface area contributed by atoms with Crippen molar-refractivity contribution in [3.63, 3.8) is 0 Å². The maximum Gasteiger partial charge on any atom is 0.406 e. The fourth-order valence-corrected chi connectivity index (χ4v) is 11.8. The lowest BCUT2D eigenvalue weighted by molar-refractivity contribution is -0.140. The number of nitrogens with one attached hydrogen (secondary N) is 3. The third kappa shape index (κ3) is 14.8. The van der Waals surface area contributed by atoms with Gasteiger partial charge in [0, 0.05) is 61.9 Å². The molecule has 2 fully saturated rings. The number of methoxy groups -OCH3 is 1. The van der Waals surface area contributed by atoms with Gasteiger partial charge in [0.1, 0.15) is 40.3 Å². The topological polar surface area (TPSA) is 173 Å². The van der Waals surface area contributed by atoms with Gasteiger partial charge in [0.2, 0.25) is 0 Å². The Labute approximate surface area is 462 Å². The van der Waals surface area contributed by atoms with Gasteiger partial charge in [0.05, 0.1) is 58.7 Å². The zero-order valence-corrected chi connectivity index (χ0v) is 46.4. The molecular weight excluding hydrogens is 1030 g/mol. The molecular formula is C59H72F3N11O5S. The van der Waals surface area contributed by atoms with E-state index in [0.29, 0.717) is 64.9 Å². The number of nitrogens with zero attached hydrogens (tertiary/aromatic N) is 7. The molecule has 0 saturated carbocycles. The number of imidazole rings is 1. The number of piperazine rings is 1. The third-order valence-corrected chi connectivity index (χ3v) is 16.3. The summed E-state index contributed by atoms with van der Waals surface area (Å²) < 4.78 is 77.5. The van der Waals surface area contributed by atoms with E-state index in [1.54, 1.807) is 37.7 Å². The monoisotopic (exact) mass is 1100 g/mol. The van der Waals surface area contributed by atoms with E-state index in [4.69, 9.17) is 19.7 Å². The number of halogens is 3. The Balaban J connectivity index is 0.645. The second kappa shape index (κ2) is 26.3. The molecule has 0 bridgehead atoms. The minimum atomic E-state index is -4.42. The summed E-state index contributed by atoms with van der Waals surface area (Å²) in [5.41, 5.74) is 14.5. The van der Waals surface area contributed by atoms with Crippen molar-refractivity contribution in [2.24, 2.45) is 0 Å². The molecule has 1 amide bonds. The summed E-state index contributed by atoms with van der Waals surface area (Å²) in [5.74, 6) is 7.71. The summed E-state index contributed by atoms with van der Waals surface area (Å²) in [5, 5.41) is 14.6. The average Bonchev–Trinajstić information content (AvgIpc) is 4.33. The second-order valence-electron chi connectivity index (χ2n) is 20.6. The normalized spacial score (nSPS) is 15.3. The molecule has 20 heteroatoms. The number of unbranched alkanes of at least 4 members (excludes halogenated alkanes) is 5. The van der Waals surface area contributed by atoms with Gasteiger partial charge < -0.3 is 54.6 Å². The molecule has 0 spiro atoms. The smallest absolute Gasteiger partial charge is 0.406 e. The number of hydrogen-bond donors (Lipinski definition) is 4. The van der Waals surface area contributed by atoms with Gasteiger partial charge in [-0.1, -0.05) is 55.0 Å². The lowest BCUT2D eigenvalue weighted by Crippen LogP contribution is -2.47. The summed E-state index contributed by atoms with van der Waals surface area (Å²) in [7, 11) is 2.26. The van der Waals surface area contributed by atoms with Gasteiger partial charge in [-0.25, -0.2) is 13.5 Å². The first-order chi connectivity index (χ1) is 38.2. The lowest BCUT2D eigenvalue weighted by Gasteiger charge is -2.33. The summed E-state index contributed by atoms with van der Waals surface area (Å²) in [6.45, 7) is 9.86. The van der Waals surface area contributed by atoms with Crippen LogP contribution in [0, 0.1) is 25.7 Å². The number of rotatable bonds is 23. The number of carbonyl (C=O) groups excluding carboxylic acids is 1. The number of nitrogen functional groups attached to an aromatic ring is 1. The second-order valence-corrected chi connectivity index (χ2v) is 22.1. The fraction of sp³-hybridized carbons (Fsp3) is 0.441. The predicted molar refractivity (Wildman–Crippen MR) is 306 cm³/mol. The molecule has 2 aliphatic heterocycles. The highest BCUT2D eigenvalue weighted by atomic mass is 32.2. The number of hydrogen-bond acceptors (Lipinski definition) is 12. The minimum Gasteiger partial charge on any atom is -0.495 e. The van der Waals surface area contributed by atoms with E-state index >= 15 is 0 Å². The number of benzene rings is 4. The zero-order chi connectivity index (χ0) is 55.5. The van der Waals surface area contributed by atoms with Crippen molar-refractivity contribution in [3.8, 4) is 34.5 Å². The molecule has 1 unspecified atom stereocenters. The molecule has 3 aromatic heterocycles. The summed E-state index contributed by atoms with van der Waals surface area (Å²) >= 11 is 0. The van der Waals surface area contributed by atoms with Crippen LogP contribution in [0.4, 0.5) is 30.2 Å². The molecule has 9 rings (SSSR count). The molecule has 0 aliphatic carbocycles. The van der Waals surface area contributed by atoms with Crippen LogP contribution in [-0.4, -0.2) is 135 Å². The Morgan fingerprint density at radius 2 is 1.67 bits per heavy atom. The van der Waals surface area contributed by atoms with Gasteiger partial charge in [0.15, 0.2) is 6.61 Å². The first kappa shape index (κ1) is 56.7. The highest BCUT2D eigenvalue weighted by Crippen LogP contribution is 2.35. The van der Waals surface area contributed by atoms with Gasteiger partial charge in [0.25, 0.3) is 5.91 Å². The molecule has 2 saturated heterocycles. The highest BCUT2D eigenvalue weighted by Gasteiger charge is 2.30. The van der Waals surface area contributed by atoms with E-state index in [1.807, 2.05) is 71.3 Å². The maximum atomic E-state index is 13.8. The first-order valence-electron chi connectivity index (χ1n) is 27.3. The van der Waals surface area contributed by atoms with Crippen molar-refractivity contribution in [1.82, 2.24) is 38.7 Å². The molecule has 2 aliphatic rings. The number of aryl methyl sites for hydroxylation is 2. The van der Waals surface area contributed by atoms with Crippen LogP contribution in [0.1, 0.15) is 74.1 Å². The van der Waals surface area contributed by atoms with E-state index in [9.17, 15) is 22.2 Å². The predicted octanol–water partition coefficient (Wildman–Crippen LogP) is 9.61. The van der Waals surface area contributed by atoms with Crippen LogP contribution < -0.4 is 31.2 Å². The van der Waals surface area contributed by atoms with Gasteiger partial charge in [-0.3, -0.25) is 4.79 Å². The van der Waals surface area contributed by atoms with Crippen LogP contribution in [0.2, 0.25) is 0 Å². The lowest BCUT2D eigenvalue weighted by atomic mass is 10.0. The molecule has 7 aromatic rings. The van der Waals surface area contributed by atoms with Gasteiger partial charge in [-0.15, -0.1) is 0 Å². The largest absolute Gasteiger partial charge is 0.495 e. The quantitative estimate of drug-likeness (QED) is 0.0272. The maximum absolute atomic E-state index is 13.8. The van der Waals surface area contributed by atoms with Crippen molar-refractivity contribution in [2.45, 2.75) is 95.4 Å². The average molecular weight is 1100 g/mol. The van der Waals surface area contributed by atoms with Crippen molar-refractivity contribution in [2.75, 3.05) is 96.0 Å². The third-order valence-electron chi connectivity index (χ3n) is 14.8. The Hall–Kier alpha value is -7.05. The van der Waals surface area contributed by atoms with E-state index < -0.39 is 23.7 Å². The zero-order valence-electron chi connectivity index (χ0n) is 45.6. The van der Waals surface area contributed by atoms with E-state index in [1.165, 1.54) is 4.57 Å². The molecule has 5 N–H and O–H groups in total. The first-order valence-corrected chi connectivity index (χ1v) is 28.4. The van der Waals surface area contributed by atoms with E-state index in [-0.39, 0.29) is 30.8 Å². The van der Waals surface area contributed by atoms with Crippen LogP contribution in [0.25, 0.3) is 33.1 Å². The Kier molecular flexibility index (Phi) is 18.8. The number of amides is 1. The number of alkyl halides is 3. The van der Waals surface area contributed by atoms with E-state index in [2.05, 4.69) is 60.8 Å². The number of aromatic nitrogens is 4. The summed E-state index contributed by atoms with van der Waals surface area (Å²) in [6, 6.07) is 24.5. The number of anilines is 3. The molecule has 16 nitrogen and oxygen atoms in total. The molecule has 1 atom stereocenters. The van der Waals surface area contributed by atoms with Crippen LogP contribution in [0.3, 0.4) is 0 Å². The Morgan fingerprint density at radius 1 is 0.899 bits per heavy atom. The number of ether oxygens (including phenoxy) is 2. The molecule has 420 valence electrons. The van der Waals surface area contributed by atoms with Crippen LogP contribution in [0.15, 0.2) is 94.6 Å². The summed E-state index contributed by atoms with van der Waals surface area (Å²) in [6.07, 6.45) is 5.69. The molecule has 79 heavy (non-hydrogen) atoms. The number of piperidine rings is 1. The van der Waals surface area contributed by atoms with Crippen molar-refractivity contribution >= 4 is 55.9 Å². The van der Waals surface area contributed by atoms with Gasteiger partial charge >= 0.3 is 6.18 Å². The number of fused-ring (bicyclic) bond motifs is 2. The van der Waals surface area contributed by atoms with Crippen LogP contribution >= 0.6 is 0 Å². The van der Waals surface area contributed by atoms with E-state index in [0.717, 1.165) is 129 Å². The minimum absolute atomic E-state index is 0.0619. The van der Waals surface area contributed by atoms with Crippen LogP contribution in [0.5, 0.6) is 11.5 Å². The SMILES string of the molecule is COc1cc(S(=O)N2CCN(CCCCCCCCNC(=O)COc3cccc(Cn4cnc5c(N)cc(-c6c(C)noc6C)cc54)c3)CC2)ccc1NCC#Cc1cc2c(NC3CCN(C)CC3)cccc2n1CC(F)(F)F. The highest BCUT2D eigenvalue weighted by molar-refractivity contribution is 7.82. The Morgan fingerprint density at radius 3 is 2.43 bits per heavy atom. The standard InChI is InChI=1S/C59H72F3N11O5S/c1-41-57(42(2)78-68-41)44-33-50(63)58-54(34-44)71(40-66-58)37-43-14-11-16-47(32-43)77-38-56(74)65-23-9-7-5-6-8-10-25-70-28-30-72(31-29-70)79(75)48-19-20-52(55(36-48)76-4)64-24-13-15-46-35-49-51(67-45-21-26-69(3)27-22-45)17-12-18-53(49)73(46)39-59(60,61)62/h11-12,14,16-20,32-36,40,45,64,67H,5-10,21-31,37-39,63H2,1-4H3,(H,65,74).